The molecule has 0 spiro atoms. The highest BCUT2D eigenvalue weighted by molar-refractivity contribution is 6.30. The molecule has 1 unspecified atom stereocenters. The molecule has 1 atom stereocenters. The molecule has 0 saturated carbocycles. The number of halogens is 2. The van der Waals surface area contributed by atoms with Crippen LogP contribution < -0.4 is 5.32 Å². The first kappa shape index (κ1) is 14.9. The van der Waals surface area contributed by atoms with Crippen LogP contribution in [0.25, 0.3) is 0 Å². The van der Waals surface area contributed by atoms with E-state index in [1.807, 2.05) is 18.2 Å². The van der Waals surface area contributed by atoms with Crippen LogP contribution in [-0.4, -0.2) is 11.5 Å². The standard InChI is InChI=1S/C16H18ClFN2/c1-2-7-20-16(13-5-8-19-9-6-13)11-12-3-4-14(17)15(18)10-12/h3-6,8-10,16,20H,2,7,11H2,1H3. The highest BCUT2D eigenvalue weighted by Gasteiger charge is 2.12. The summed E-state index contributed by atoms with van der Waals surface area (Å²) in [7, 11) is 0. The third kappa shape index (κ3) is 4.02. The molecule has 1 N–H and O–H groups in total. The summed E-state index contributed by atoms with van der Waals surface area (Å²) in [5, 5.41) is 3.65. The normalized spacial score (nSPS) is 12.3. The van der Waals surface area contributed by atoms with Crippen molar-refractivity contribution in [3.05, 3.63) is 64.7 Å². The minimum absolute atomic E-state index is 0.151. The average Bonchev–Trinajstić information content (AvgIpc) is 2.48. The third-order valence-electron chi connectivity index (χ3n) is 3.17. The summed E-state index contributed by atoms with van der Waals surface area (Å²) in [5.41, 5.74) is 2.08. The van der Waals surface area contributed by atoms with Crippen LogP contribution in [0.1, 0.15) is 30.5 Å². The summed E-state index contributed by atoms with van der Waals surface area (Å²) in [6, 6.07) is 9.10. The molecular formula is C16H18ClFN2. The molecule has 2 nitrogen and oxygen atoms in total. The van der Waals surface area contributed by atoms with Crippen LogP contribution >= 0.6 is 11.6 Å². The Morgan fingerprint density at radius 2 is 2.00 bits per heavy atom. The molecule has 0 fully saturated rings. The molecule has 0 bridgehead atoms. The van der Waals surface area contributed by atoms with Gasteiger partial charge in [-0.05, 0) is 54.8 Å². The summed E-state index contributed by atoms with van der Waals surface area (Å²) in [6.07, 6.45) is 5.32. The molecule has 0 aliphatic heterocycles. The van der Waals surface area contributed by atoms with Gasteiger partial charge >= 0.3 is 0 Å². The Hall–Kier alpha value is -1.45. The minimum atomic E-state index is -0.367. The Kier molecular flexibility index (Phi) is 5.50. The maximum Gasteiger partial charge on any atom is 0.142 e. The van der Waals surface area contributed by atoms with Gasteiger partial charge in [0.15, 0.2) is 0 Å². The lowest BCUT2D eigenvalue weighted by Gasteiger charge is -2.19. The first-order valence-electron chi connectivity index (χ1n) is 6.78. The Bertz CT molecular complexity index is 545. The van der Waals surface area contributed by atoms with Crippen molar-refractivity contribution in [2.24, 2.45) is 0 Å². The zero-order chi connectivity index (χ0) is 14.4. The molecule has 1 aromatic carbocycles. The van der Waals surface area contributed by atoms with Gasteiger partial charge in [0.25, 0.3) is 0 Å². The van der Waals surface area contributed by atoms with Crippen molar-refractivity contribution in [1.82, 2.24) is 10.3 Å². The molecule has 20 heavy (non-hydrogen) atoms. The maximum atomic E-state index is 13.5. The Balaban J connectivity index is 2.17. The summed E-state index contributed by atoms with van der Waals surface area (Å²) in [4.78, 5) is 4.04. The number of benzene rings is 1. The summed E-state index contributed by atoms with van der Waals surface area (Å²) in [6.45, 7) is 3.04. The second-order valence-corrected chi connectivity index (χ2v) is 5.15. The molecule has 0 amide bonds. The predicted octanol–water partition coefficient (Wildman–Crippen LogP) is 4.16. The topological polar surface area (TPSA) is 24.9 Å². The van der Waals surface area contributed by atoms with Gasteiger partial charge in [0.1, 0.15) is 5.82 Å². The highest BCUT2D eigenvalue weighted by Crippen LogP contribution is 2.21. The Morgan fingerprint density at radius 3 is 2.65 bits per heavy atom. The lowest BCUT2D eigenvalue weighted by Crippen LogP contribution is -2.24. The van der Waals surface area contributed by atoms with E-state index < -0.39 is 0 Å². The second-order valence-electron chi connectivity index (χ2n) is 4.74. The molecule has 0 aliphatic carbocycles. The van der Waals surface area contributed by atoms with Crippen LogP contribution in [0, 0.1) is 5.82 Å². The number of nitrogens with zero attached hydrogens (tertiary/aromatic N) is 1. The lowest BCUT2D eigenvalue weighted by molar-refractivity contribution is 0.527. The fourth-order valence-corrected chi connectivity index (χ4v) is 2.24. The van der Waals surface area contributed by atoms with Gasteiger partial charge in [0.2, 0.25) is 0 Å². The van der Waals surface area contributed by atoms with Gasteiger partial charge < -0.3 is 5.32 Å². The summed E-state index contributed by atoms with van der Waals surface area (Å²) in [5.74, 6) is -0.367. The van der Waals surface area contributed by atoms with E-state index in [4.69, 9.17) is 11.6 Å². The van der Waals surface area contributed by atoms with Crippen molar-refractivity contribution in [2.75, 3.05) is 6.54 Å². The molecule has 4 heteroatoms. The molecule has 2 aromatic rings. The average molecular weight is 293 g/mol. The van der Waals surface area contributed by atoms with Crippen LogP contribution in [0.5, 0.6) is 0 Å². The van der Waals surface area contributed by atoms with E-state index in [0.29, 0.717) is 0 Å². The van der Waals surface area contributed by atoms with E-state index in [-0.39, 0.29) is 16.9 Å². The molecule has 2 rings (SSSR count). The zero-order valence-corrected chi connectivity index (χ0v) is 12.2. The fourth-order valence-electron chi connectivity index (χ4n) is 2.12. The van der Waals surface area contributed by atoms with Crippen molar-refractivity contribution in [1.29, 1.82) is 0 Å². The molecule has 1 heterocycles. The maximum absolute atomic E-state index is 13.5. The predicted molar refractivity (Wildman–Crippen MR) is 80.4 cm³/mol. The molecule has 106 valence electrons. The van der Waals surface area contributed by atoms with Crippen molar-refractivity contribution >= 4 is 11.6 Å². The summed E-state index contributed by atoms with van der Waals surface area (Å²) < 4.78 is 13.5. The van der Waals surface area contributed by atoms with Crippen LogP contribution in [-0.2, 0) is 6.42 Å². The highest BCUT2D eigenvalue weighted by atomic mass is 35.5. The number of hydrogen-bond donors (Lipinski definition) is 1. The Labute approximate surface area is 124 Å². The lowest BCUT2D eigenvalue weighted by atomic mass is 9.99. The largest absolute Gasteiger partial charge is 0.310 e. The number of nitrogens with one attached hydrogen (secondary N) is 1. The first-order chi connectivity index (χ1) is 9.70. The van der Waals surface area contributed by atoms with E-state index in [1.54, 1.807) is 18.5 Å². The summed E-state index contributed by atoms with van der Waals surface area (Å²) >= 11 is 5.72. The second kappa shape index (κ2) is 7.36. The van der Waals surface area contributed by atoms with Crippen molar-refractivity contribution in [3.63, 3.8) is 0 Å². The van der Waals surface area contributed by atoms with Gasteiger partial charge in [-0.1, -0.05) is 24.6 Å². The van der Waals surface area contributed by atoms with Crippen LogP contribution in [0.15, 0.2) is 42.7 Å². The smallest absolute Gasteiger partial charge is 0.142 e. The van der Waals surface area contributed by atoms with Gasteiger partial charge in [0.05, 0.1) is 5.02 Å². The molecule has 1 aromatic heterocycles. The fraction of sp³-hybridized carbons (Fsp3) is 0.312. The molecular weight excluding hydrogens is 275 g/mol. The molecule has 0 radical (unpaired) electrons. The van der Waals surface area contributed by atoms with Crippen molar-refractivity contribution < 1.29 is 4.39 Å². The van der Waals surface area contributed by atoms with Gasteiger partial charge in [0, 0.05) is 18.4 Å². The first-order valence-corrected chi connectivity index (χ1v) is 7.15. The van der Waals surface area contributed by atoms with Crippen LogP contribution in [0.2, 0.25) is 5.02 Å². The SMILES string of the molecule is CCCNC(Cc1ccc(Cl)c(F)c1)c1ccncc1. The van der Waals surface area contributed by atoms with E-state index >= 15 is 0 Å². The minimum Gasteiger partial charge on any atom is -0.310 e. The quantitative estimate of drug-likeness (QED) is 0.865. The van der Waals surface area contributed by atoms with Gasteiger partial charge in [-0.2, -0.15) is 0 Å². The van der Waals surface area contributed by atoms with E-state index in [1.165, 1.54) is 6.07 Å². The van der Waals surface area contributed by atoms with Gasteiger partial charge in [-0.25, -0.2) is 4.39 Å². The number of rotatable bonds is 6. The number of pyridine rings is 1. The van der Waals surface area contributed by atoms with E-state index in [2.05, 4.69) is 17.2 Å². The molecule has 0 aliphatic rings. The van der Waals surface area contributed by atoms with Crippen LogP contribution in [0.4, 0.5) is 4.39 Å². The zero-order valence-electron chi connectivity index (χ0n) is 11.4. The van der Waals surface area contributed by atoms with Crippen LogP contribution in [0.3, 0.4) is 0 Å². The van der Waals surface area contributed by atoms with Crippen molar-refractivity contribution in [2.45, 2.75) is 25.8 Å². The van der Waals surface area contributed by atoms with Gasteiger partial charge in [-0.15, -0.1) is 0 Å². The number of hydrogen-bond acceptors (Lipinski definition) is 2. The Morgan fingerprint density at radius 1 is 1.25 bits per heavy atom. The number of aromatic nitrogens is 1. The van der Waals surface area contributed by atoms with Gasteiger partial charge in [-0.3, -0.25) is 4.98 Å². The van der Waals surface area contributed by atoms with Crippen molar-refractivity contribution in [3.8, 4) is 0 Å². The van der Waals surface area contributed by atoms with E-state index in [9.17, 15) is 4.39 Å². The van der Waals surface area contributed by atoms with E-state index in [0.717, 1.165) is 30.5 Å². The monoisotopic (exact) mass is 292 g/mol. The third-order valence-corrected chi connectivity index (χ3v) is 3.48. The molecule has 0 saturated heterocycles.